The summed E-state index contributed by atoms with van der Waals surface area (Å²) in [6.45, 7) is 4.40. The number of hydrogen-bond acceptors (Lipinski definition) is 2. The van der Waals surface area contributed by atoms with Gasteiger partial charge in [-0.3, -0.25) is 9.59 Å². The van der Waals surface area contributed by atoms with E-state index in [9.17, 15) is 9.59 Å². The molecule has 2 amide bonds. The molecule has 1 N–H and O–H groups in total. The molecule has 1 atom stereocenters. The van der Waals surface area contributed by atoms with Gasteiger partial charge in [0.15, 0.2) is 0 Å². The number of nitrogens with zero attached hydrogens (tertiary/aromatic N) is 1. The molecule has 0 spiro atoms. The summed E-state index contributed by atoms with van der Waals surface area (Å²) in [7, 11) is 0. The zero-order valence-corrected chi connectivity index (χ0v) is 15.1. The monoisotopic (exact) mass is 356 g/mol. The molecule has 1 aliphatic heterocycles. The van der Waals surface area contributed by atoms with Crippen LogP contribution < -0.4 is 10.2 Å². The normalized spacial score (nSPS) is 17.0. The van der Waals surface area contributed by atoms with Crippen LogP contribution in [0.1, 0.15) is 24.5 Å². The van der Waals surface area contributed by atoms with Crippen LogP contribution in [0.3, 0.4) is 0 Å². The lowest BCUT2D eigenvalue weighted by molar-refractivity contribution is -0.122. The van der Waals surface area contributed by atoms with Gasteiger partial charge in [0, 0.05) is 29.4 Å². The Hall–Kier alpha value is -2.33. The first-order valence-corrected chi connectivity index (χ1v) is 8.82. The van der Waals surface area contributed by atoms with Gasteiger partial charge in [-0.25, -0.2) is 0 Å². The number of carbonyl (C=O) groups excluding carboxylic acids is 2. The van der Waals surface area contributed by atoms with Crippen LogP contribution in [0.4, 0.5) is 11.4 Å². The molecular weight excluding hydrogens is 336 g/mol. The van der Waals surface area contributed by atoms with E-state index in [1.807, 2.05) is 37.3 Å². The van der Waals surface area contributed by atoms with Crippen molar-refractivity contribution >= 4 is 34.8 Å². The number of carbonyl (C=O) groups is 2. The Labute approximate surface area is 152 Å². The summed E-state index contributed by atoms with van der Waals surface area (Å²) >= 11 is 6.00. The number of benzene rings is 2. The highest BCUT2D eigenvalue weighted by atomic mass is 35.5. The molecule has 0 saturated carbocycles. The average Bonchev–Trinajstić information content (AvgIpc) is 3.00. The van der Waals surface area contributed by atoms with Crippen LogP contribution in [0.25, 0.3) is 0 Å². The second-order valence-corrected chi connectivity index (χ2v) is 6.81. The molecule has 1 heterocycles. The number of anilines is 2. The van der Waals surface area contributed by atoms with Crippen molar-refractivity contribution in [2.45, 2.75) is 26.7 Å². The Kier molecular flexibility index (Phi) is 5.09. The Morgan fingerprint density at radius 1 is 1.24 bits per heavy atom. The second-order valence-electron chi connectivity index (χ2n) is 6.37. The summed E-state index contributed by atoms with van der Waals surface area (Å²) in [5.74, 6) is -0.532. The summed E-state index contributed by atoms with van der Waals surface area (Å²) in [6.07, 6.45) is 1.18. The largest absolute Gasteiger partial charge is 0.325 e. The highest BCUT2D eigenvalue weighted by Crippen LogP contribution is 2.27. The Balaban J connectivity index is 1.70. The fourth-order valence-electron chi connectivity index (χ4n) is 3.01. The fourth-order valence-corrected chi connectivity index (χ4v) is 3.18. The first kappa shape index (κ1) is 17.5. The van der Waals surface area contributed by atoms with Crippen molar-refractivity contribution in [3.8, 4) is 0 Å². The van der Waals surface area contributed by atoms with Gasteiger partial charge in [0.25, 0.3) is 0 Å². The molecular formula is C20H21ClN2O2. The topological polar surface area (TPSA) is 49.4 Å². The lowest BCUT2D eigenvalue weighted by Gasteiger charge is -2.17. The van der Waals surface area contributed by atoms with E-state index in [1.165, 1.54) is 5.56 Å². The van der Waals surface area contributed by atoms with Gasteiger partial charge >= 0.3 is 0 Å². The molecule has 1 fully saturated rings. The van der Waals surface area contributed by atoms with Crippen LogP contribution in [0.2, 0.25) is 5.02 Å². The Morgan fingerprint density at radius 3 is 2.64 bits per heavy atom. The molecule has 1 aliphatic rings. The number of amides is 2. The molecule has 5 heteroatoms. The molecule has 0 bridgehead atoms. The van der Waals surface area contributed by atoms with Crippen LogP contribution in [-0.2, 0) is 16.0 Å². The predicted octanol–water partition coefficient (Wildman–Crippen LogP) is 4.20. The van der Waals surface area contributed by atoms with E-state index in [2.05, 4.69) is 12.2 Å². The lowest BCUT2D eigenvalue weighted by atomic mass is 10.1. The Bertz CT molecular complexity index is 802. The third-order valence-electron chi connectivity index (χ3n) is 4.61. The summed E-state index contributed by atoms with van der Waals surface area (Å²) < 4.78 is 0. The smallest absolute Gasteiger partial charge is 0.229 e. The van der Waals surface area contributed by atoms with Crippen LogP contribution in [0, 0.1) is 12.8 Å². The van der Waals surface area contributed by atoms with E-state index in [4.69, 9.17) is 11.6 Å². The summed E-state index contributed by atoms with van der Waals surface area (Å²) in [5.41, 5.74) is 3.70. The SMILES string of the molecule is CCc1ccc(N2CC(C(=O)Nc3cc(Cl)ccc3C)CC2=O)cc1. The van der Waals surface area contributed by atoms with E-state index in [-0.39, 0.29) is 24.2 Å². The highest BCUT2D eigenvalue weighted by molar-refractivity contribution is 6.31. The average molecular weight is 357 g/mol. The summed E-state index contributed by atoms with van der Waals surface area (Å²) in [5, 5.41) is 3.47. The van der Waals surface area contributed by atoms with E-state index < -0.39 is 0 Å². The van der Waals surface area contributed by atoms with Crippen molar-refractivity contribution in [1.29, 1.82) is 0 Å². The highest BCUT2D eigenvalue weighted by Gasteiger charge is 2.35. The van der Waals surface area contributed by atoms with Gasteiger partial charge in [0.1, 0.15) is 0 Å². The Morgan fingerprint density at radius 2 is 1.96 bits per heavy atom. The molecule has 3 rings (SSSR count). The van der Waals surface area contributed by atoms with Gasteiger partial charge in [0.05, 0.1) is 5.92 Å². The third kappa shape index (κ3) is 3.85. The van der Waals surface area contributed by atoms with E-state index in [1.54, 1.807) is 17.0 Å². The van der Waals surface area contributed by atoms with E-state index in [0.29, 0.717) is 17.3 Å². The minimum absolute atomic E-state index is 0.0211. The molecule has 4 nitrogen and oxygen atoms in total. The standard InChI is InChI=1S/C20H21ClN2O2/c1-3-14-5-8-17(9-6-14)23-12-15(10-19(23)24)20(25)22-18-11-16(21)7-4-13(18)2/h4-9,11,15H,3,10,12H2,1-2H3,(H,22,25). The van der Waals surface area contributed by atoms with Crippen molar-refractivity contribution in [3.63, 3.8) is 0 Å². The van der Waals surface area contributed by atoms with Crippen molar-refractivity contribution in [3.05, 3.63) is 58.6 Å². The van der Waals surface area contributed by atoms with Crippen molar-refractivity contribution in [2.24, 2.45) is 5.92 Å². The minimum atomic E-state index is -0.364. The van der Waals surface area contributed by atoms with Crippen LogP contribution in [0.15, 0.2) is 42.5 Å². The van der Waals surface area contributed by atoms with Crippen LogP contribution >= 0.6 is 11.6 Å². The van der Waals surface area contributed by atoms with Gasteiger partial charge in [-0.15, -0.1) is 0 Å². The van der Waals surface area contributed by atoms with Gasteiger partial charge < -0.3 is 10.2 Å². The molecule has 2 aromatic rings. The first-order chi connectivity index (χ1) is 12.0. The van der Waals surface area contributed by atoms with Crippen molar-refractivity contribution in [2.75, 3.05) is 16.8 Å². The molecule has 0 aliphatic carbocycles. The number of halogens is 1. The molecule has 0 aromatic heterocycles. The van der Waals surface area contributed by atoms with E-state index >= 15 is 0 Å². The lowest BCUT2D eigenvalue weighted by Crippen LogP contribution is -2.28. The van der Waals surface area contributed by atoms with Gasteiger partial charge in [0.2, 0.25) is 11.8 Å². The molecule has 130 valence electrons. The van der Waals surface area contributed by atoms with Crippen LogP contribution in [0.5, 0.6) is 0 Å². The van der Waals surface area contributed by atoms with Crippen molar-refractivity contribution in [1.82, 2.24) is 0 Å². The maximum atomic E-state index is 12.6. The van der Waals surface area contributed by atoms with Crippen LogP contribution in [-0.4, -0.2) is 18.4 Å². The summed E-state index contributed by atoms with van der Waals surface area (Å²) in [4.78, 5) is 26.6. The maximum absolute atomic E-state index is 12.6. The molecule has 2 aromatic carbocycles. The summed E-state index contributed by atoms with van der Waals surface area (Å²) in [6, 6.07) is 13.3. The second kappa shape index (κ2) is 7.28. The quantitative estimate of drug-likeness (QED) is 0.892. The zero-order valence-electron chi connectivity index (χ0n) is 14.4. The first-order valence-electron chi connectivity index (χ1n) is 8.44. The minimum Gasteiger partial charge on any atom is -0.325 e. The molecule has 1 unspecified atom stereocenters. The number of hydrogen-bond donors (Lipinski definition) is 1. The van der Waals surface area contributed by atoms with Gasteiger partial charge in [-0.2, -0.15) is 0 Å². The molecule has 25 heavy (non-hydrogen) atoms. The zero-order chi connectivity index (χ0) is 18.0. The number of rotatable bonds is 4. The van der Waals surface area contributed by atoms with Gasteiger partial charge in [-0.1, -0.05) is 36.7 Å². The van der Waals surface area contributed by atoms with E-state index in [0.717, 1.165) is 17.7 Å². The van der Waals surface area contributed by atoms with Gasteiger partial charge in [-0.05, 0) is 48.7 Å². The predicted molar refractivity (Wildman–Crippen MR) is 101 cm³/mol. The maximum Gasteiger partial charge on any atom is 0.229 e. The third-order valence-corrected chi connectivity index (χ3v) is 4.84. The van der Waals surface area contributed by atoms with Crippen molar-refractivity contribution < 1.29 is 9.59 Å². The molecule has 1 saturated heterocycles. The number of nitrogens with one attached hydrogen (secondary N) is 1. The number of aryl methyl sites for hydroxylation is 2. The molecule has 0 radical (unpaired) electrons. The fraction of sp³-hybridized carbons (Fsp3) is 0.300.